The van der Waals surface area contributed by atoms with E-state index in [1.807, 2.05) is 0 Å². The molecule has 5 heteroatoms. The highest BCUT2D eigenvalue weighted by atomic mass is 33.2. The predicted octanol–water partition coefficient (Wildman–Crippen LogP) is 3.17. The van der Waals surface area contributed by atoms with Gasteiger partial charge in [0.05, 0.1) is 0 Å². The number of hydrogen-bond acceptors (Lipinski definition) is 2. The van der Waals surface area contributed by atoms with E-state index in [0.717, 1.165) is 0 Å². The Balaban J connectivity index is 2.30. The van der Waals surface area contributed by atoms with Crippen LogP contribution in [0.5, 0.6) is 0 Å². The van der Waals surface area contributed by atoms with Gasteiger partial charge in [-0.05, 0) is 12.8 Å². The van der Waals surface area contributed by atoms with Crippen LogP contribution in [0.15, 0.2) is 0 Å². The van der Waals surface area contributed by atoms with Gasteiger partial charge < -0.3 is 0 Å². The maximum atomic E-state index is 5.72. The Kier molecular flexibility index (Phi) is 4.27. The monoisotopic (exact) mass is 227 g/mol. The number of rotatable bonds is 2. The van der Waals surface area contributed by atoms with E-state index in [2.05, 4.69) is 12.2 Å². The van der Waals surface area contributed by atoms with Crippen LogP contribution in [-0.4, -0.2) is 5.25 Å². The van der Waals surface area contributed by atoms with Gasteiger partial charge in [0, 0.05) is 5.25 Å². The zero-order valence-electron chi connectivity index (χ0n) is 6.40. The second kappa shape index (κ2) is 4.52. The summed E-state index contributed by atoms with van der Waals surface area (Å²) in [5, 5.41) is 0.706. The molecule has 1 saturated carbocycles. The minimum atomic E-state index is -1.79. The van der Waals surface area contributed by atoms with Gasteiger partial charge in [-0.1, -0.05) is 42.5 Å². The highest BCUT2D eigenvalue weighted by Gasteiger charge is 2.18. The van der Waals surface area contributed by atoms with Crippen molar-refractivity contribution in [3.05, 3.63) is 0 Å². The van der Waals surface area contributed by atoms with Gasteiger partial charge in [0.2, 0.25) is 0 Å². The summed E-state index contributed by atoms with van der Waals surface area (Å²) < 4.78 is -1.79. The van der Waals surface area contributed by atoms with Gasteiger partial charge >= 0.3 is 0 Å². The fraction of sp³-hybridized carbons (Fsp3) is 1.00. The molecule has 0 aliphatic heterocycles. The molecule has 2 N–H and O–H groups in total. The first kappa shape index (κ1) is 10.4. The lowest BCUT2D eigenvalue weighted by atomic mass is 10.0. The topological polar surface area (TPSA) is 26.0 Å². The van der Waals surface area contributed by atoms with Crippen LogP contribution in [0, 0.1) is 0 Å². The van der Waals surface area contributed by atoms with Crippen molar-refractivity contribution in [3.63, 3.8) is 0 Å². The maximum Gasteiger partial charge on any atom is 0.112 e. The fourth-order valence-corrected chi connectivity index (χ4v) is 6.56. The number of hydrogen-bond donors (Lipinski definition) is 2. The molecule has 1 rings (SSSR count). The Bertz CT molecular complexity index is 161. The van der Waals surface area contributed by atoms with Crippen LogP contribution < -0.4 is 5.50 Å². The Labute approximate surface area is 82.8 Å². The van der Waals surface area contributed by atoms with Crippen LogP contribution in [0.4, 0.5) is 0 Å². The molecule has 1 nitrogen and oxygen atoms in total. The minimum Gasteiger partial charge on any atom is -0.287 e. The highest BCUT2D eigenvalue weighted by molar-refractivity contribution is 8.96. The number of thiol groups is 1. The average molecular weight is 227 g/mol. The van der Waals surface area contributed by atoms with Gasteiger partial charge in [-0.2, -0.15) is 0 Å². The molecule has 0 spiro atoms. The average Bonchev–Trinajstić information content (AvgIpc) is 1.85. The van der Waals surface area contributed by atoms with Gasteiger partial charge in [0.25, 0.3) is 0 Å². The summed E-state index contributed by atoms with van der Waals surface area (Å²) in [7, 11) is 0. The van der Waals surface area contributed by atoms with Crippen LogP contribution in [0.3, 0.4) is 0 Å². The smallest absolute Gasteiger partial charge is 0.112 e. The molecule has 1 unspecified atom stereocenters. The van der Waals surface area contributed by atoms with Crippen molar-refractivity contribution in [2.24, 2.45) is 5.50 Å². The van der Waals surface area contributed by atoms with E-state index < -0.39 is 4.59 Å². The molecule has 1 atom stereocenters. The highest BCUT2D eigenvalue weighted by Crippen LogP contribution is 2.59. The lowest BCUT2D eigenvalue weighted by Crippen LogP contribution is -2.07. The zero-order valence-corrected chi connectivity index (χ0v) is 9.82. The quantitative estimate of drug-likeness (QED) is 0.560. The lowest BCUT2D eigenvalue weighted by molar-refractivity contribution is 0.517. The Morgan fingerprint density at radius 2 is 1.91 bits per heavy atom. The second-order valence-electron chi connectivity index (χ2n) is 2.93. The van der Waals surface area contributed by atoms with Crippen LogP contribution >= 0.6 is 28.2 Å². The van der Waals surface area contributed by atoms with Crippen molar-refractivity contribution in [2.75, 3.05) is 0 Å². The van der Waals surface area contributed by atoms with Crippen molar-refractivity contribution in [2.45, 2.75) is 37.4 Å². The lowest BCUT2D eigenvalue weighted by Gasteiger charge is -2.23. The fourth-order valence-electron chi connectivity index (χ4n) is 1.38. The molecule has 1 aliphatic carbocycles. The number of nitrogens with two attached hydrogens (primary N) is 1. The third kappa shape index (κ3) is 4.79. The molecule has 0 saturated heterocycles. The molecule has 1 fully saturated rings. The maximum absolute atomic E-state index is 5.72. The van der Waals surface area contributed by atoms with Crippen molar-refractivity contribution in [1.82, 2.24) is 0 Å². The summed E-state index contributed by atoms with van der Waals surface area (Å²) in [5.41, 5.74) is 5.72. The van der Waals surface area contributed by atoms with Gasteiger partial charge in [0.15, 0.2) is 0 Å². The predicted molar refractivity (Wildman–Crippen MR) is 61.9 cm³/mol. The molecule has 1 aliphatic rings. The largest absolute Gasteiger partial charge is 0.287 e. The van der Waals surface area contributed by atoms with Crippen LogP contribution in [0.25, 0.3) is 0 Å². The third-order valence-corrected chi connectivity index (χ3v) is 6.35. The van der Waals surface area contributed by atoms with E-state index in [-0.39, 0.29) is 0 Å². The Morgan fingerprint density at radius 3 is 2.36 bits per heavy atom. The molecule has 0 bridgehead atoms. The first-order valence-corrected chi connectivity index (χ1v) is 9.38. The van der Waals surface area contributed by atoms with Crippen molar-refractivity contribution < 1.29 is 0 Å². The molecule has 0 amide bonds. The van der Waals surface area contributed by atoms with E-state index in [1.54, 1.807) is 11.4 Å². The second-order valence-corrected chi connectivity index (χ2v) is 13.2. The molecular weight excluding hydrogens is 213 g/mol. The van der Waals surface area contributed by atoms with Gasteiger partial charge in [-0.3, -0.25) is 5.50 Å². The molecule has 0 aromatic heterocycles. The summed E-state index contributed by atoms with van der Waals surface area (Å²) in [6, 6.07) is 0. The van der Waals surface area contributed by atoms with E-state index >= 15 is 0 Å². The first-order chi connectivity index (χ1) is 5.08. The SMILES string of the molecule is NP(=S)(S)SC1CCCCC1. The summed E-state index contributed by atoms with van der Waals surface area (Å²) in [4.78, 5) is 0. The zero-order chi connectivity index (χ0) is 8.32. The standard InChI is InChI=1S/C6H14NPS3/c7-8(9,10)11-6-4-2-1-3-5-6/h6H,1-5H2,(H3,7,9,10). The molecule has 11 heavy (non-hydrogen) atoms. The van der Waals surface area contributed by atoms with Gasteiger partial charge in [0.1, 0.15) is 4.59 Å². The molecule has 0 radical (unpaired) electrons. The van der Waals surface area contributed by atoms with Crippen LogP contribution in [0.1, 0.15) is 32.1 Å². The third-order valence-electron chi connectivity index (χ3n) is 1.85. The minimum absolute atomic E-state index is 0.706. The molecule has 0 heterocycles. The van der Waals surface area contributed by atoms with Crippen molar-refractivity contribution in [1.29, 1.82) is 0 Å². The summed E-state index contributed by atoms with van der Waals surface area (Å²) in [6.07, 6.45) is 6.67. The van der Waals surface area contributed by atoms with E-state index in [9.17, 15) is 0 Å². The van der Waals surface area contributed by atoms with E-state index in [1.165, 1.54) is 32.1 Å². The molecular formula is C6H14NPS3. The Hall–Kier alpha value is 1.31. The van der Waals surface area contributed by atoms with Gasteiger partial charge in [-0.25, -0.2) is 0 Å². The van der Waals surface area contributed by atoms with Crippen molar-refractivity contribution >= 4 is 40.0 Å². The van der Waals surface area contributed by atoms with Gasteiger partial charge in [-0.15, -0.1) is 12.2 Å². The van der Waals surface area contributed by atoms with E-state index in [4.69, 9.17) is 17.3 Å². The summed E-state index contributed by atoms with van der Waals surface area (Å²) >= 11 is 11.1. The molecule has 0 aromatic rings. The van der Waals surface area contributed by atoms with E-state index in [0.29, 0.717) is 5.25 Å². The summed E-state index contributed by atoms with van der Waals surface area (Å²) in [6.45, 7) is 0. The Morgan fingerprint density at radius 1 is 1.36 bits per heavy atom. The van der Waals surface area contributed by atoms with Crippen LogP contribution in [0.2, 0.25) is 0 Å². The van der Waals surface area contributed by atoms with Crippen LogP contribution in [-0.2, 0) is 11.8 Å². The first-order valence-electron chi connectivity index (χ1n) is 3.88. The normalized spacial score (nSPS) is 26.4. The molecule has 0 aromatic carbocycles. The summed E-state index contributed by atoms with van der Waals surface area (Å²) in [5.74, 6) is 0. The van der Waals surface area contributed by atoms with Crippen molar-refractivity contribution in [3.8, 4) is 0 Å². The molecule has 66 valence electrons.